The Bertz CT molecular complexity index is 351. The Morgan fingerprint density at radius 2 is 1.94 bits per heavy atom. The largest absolute Gasteiger partial charge is 0.466 e. The van der Waals surface area contributed by atoms with E-state index in [2.05, 4.69) is 24.4 Å². The molecule has 0 saturated carbocycles. The number of nitrogens with one attached hydrogen (secondary N) is 1. The fourth-order valence-corrected chi connectivity index (χ4v) is 1.79. The van der Waals surface area contributed by atoms with Crippen molar-refractivity contribution in [2.75, 3.05) is 13.2 Å². The molecule has 0 aliphatic rings. The third-order valence-electron chi connectivity index (χ3n) is 2.85. The third-order valence-corrected chi connectivity index (χ3v) is 2.85. The topological polar surface area (TPSA) is 38.3 Å². The highest BCUT2D eigenvalue weighted by Crippen LogP contribution is 2.04. The molecule has 100 valence electrons. The van der Waals surface area contributed by atoms with E-state index in [0.29, 0.717) is 19.2 Å². The molecule has 0 radical (unpaired) electrons. The lowest BCUT2D eigenvalue weighted by Gasteiger charge is -2.17. The lowest BCUT2D eigenvalue weighted by atomic mass is 10.1. The van der Waals surface area contributed by atoms with Crippen molar-refractivity contribution in [3.8, 4) is 0 Å². The standard InChI is InChI=1S/C15H23NO2/c1-4-18-15(17)12(2)11-16-13(3)10-14-8-6-5-7-9-14/h5-9,12-13,16H,4,10-11H2,1-3H3. The van der Waals surface area contributed by atoms with Gasteiger partial charge in [0.1, 0.15) is 0 Å². The highest BCUT2D eigenvalue weighted by molar-refractivity contribution is 5.72. The molecular weight excluding hydrogens is 226 g/mol. The molecule has 0 heterocycles. The predicted octanol–water partition coefficient (Wildman–Crippen LogP) is 2.41. The molecule has 2 atom stereocenters. The van der Waals surface area contributed by atoms with Gasteiger partial charge in [0.05, 0.1) is 12.5 Å². The van der Waals surface area contributed by atoms with E-state index >= 15 is 0 Å². The molecule has 0 spiro atoms. The summed E-state index contributed by atoms with van der Waals surface area (Å²) in [5.41, 5.74) is 1.31. The normalized spacial score (nSPS) is 13.9. The summed E-state index contributed by atoms with van der Waals surface area (Å²) in [4.78, 5) is 11.5. The number of rotatable bonds is 7. The van der Waals surface area contributed by atoms with Gasteiger partial charge >= 0.3 is 5.97 Å². The second-order valence-corrected chi connectivity index (χ2v) is 4.65. The summed E-state index contributed by atoms with van der Waals surface area (Å²) in [5, 5.41) is 3.37. The van der Waals surface area contributed by atoms with Gasteiger partial charge in [-0.2, -0.15) is 0 Å². The minimum Gasteiger partial charge on any atom is -0.466 e. The van der Waals surface area contributed by atoms with Crippen LogP contribution in [-0.2, 0) is 16.0 Å². The van der Waals surface area contributed by atoms with Gasteiger partial charge < -0.3 is 10.1 Å². The lowest BCUT2D eigenvalue weighted by Crippen LogP contribution is -2.35. The van der Waals surface area contributed by atoms with Crippen LogP contribution in [0.4, 0.5) is 0 Å². The zero-order chi connectivity index (χ0) is 13.4. The molecule has 1 aromatic rings. The van der Waals surface area contributed by atoms with Crippen LogP contribution in [0.25, 0.3) is 0 Å². The monoisotopic (exact) mass is 249 g/mol. The first-order valence-corrected chi connectivity index (χ1v) is 6.57. The van der Waals surface area contributed by atoms with Gasteiger partial charge in [0.2, 0.25) is 0 Å². The van der Waals surface area contributed by atoms with Crippen molar-refractivity contribution in [3.05, 3.63) is 35.9 Å². The number of ether oxygens (including phenoxy) is 1. The van der Waals surface area contributed by atoms with E-state index in [4.69, 9.17) is 4.74 Å². The zero-order valence-corrected chi connectivity index (χ0v) is 11.5. The van der Waals surface area contributed by atoms with Crippen molar-refractivity contribution in [3.63, 3.8) is 0 Å². The molecule has 0 saturated heterocycles. The van der Waals surface area contributed by atoms with E-state index in [9.17, 15) is 4.79 Å². The number of benzene rings is 1. The fraction of sp³-hybridized carbons (Fsp3) is 0.533. The summed E-state index contributed by atoms with van der Waals surface area (Å²) in [6.45, 7) is 6.96. The van der Waals surface area contributed by atoms with E-state index in [0.717, 1.165) is 6.42 Å². The van der Waals surface area contributed by atoms with Crippen LogP contribution in [0.1, 0.15) is 26.3 Å². The van der Waals surface area contributed by atoms with Crippen molar-refractivity contribution in [2.24, 2.45) is 5.92 Å². The van der Waals surface area contributed by atoms with Crippen LogP contribution >= 0.6 is 0 Å². The molecule has 2 unspecified atom stereocenters. The van der Waals surface area contributed by atoms with Gasteiger partial charge in [-0.25, -0.2) is 0 Å². The smallest absolute Gasteiger partial charge is 0.309 e. The highest BCUT2D eigenvalue weighted by atomic mass is 16.5. The van der Waals surface area contributed by atoms with Crippen LogP contribution in [0.3, 0.4) is 0 Å². The quantitative estimate of drug-likeness (QED) is 0.754. The fourth-order valence-electron chi connectivity index (χ4n) is 1.79. The van der Waals surface area contributed by atoms with Crippen molar-refractivity contribution in [2.45, 2.75) is 33.2 Å². The van der Waals surface area contributed by atoms with Crippen LogP contribution in [0.5, 0.6) is 0 Å². The van der Waals surface area contributed by atoms with Gasteiger partial charge in [-0.05, 0) is 25.8 Å². The molecule has 1 N–H and O–H groups in total. The molecule has 0 aromatic heterocycles. The first-order valence-electron chi connectivity index (χ1n) is 6.57. The summed E-state index contributed by atoms with van der Waals surface area (Å²) in [5.74, 6) is -0.222. The van der Waals surface area contributed by atoms with E-state index in [1.54, 1.807) is 0 Å². The lowest BCUT2D eigenvalue weighted by molar-refractivity contribution is -0.147. The van der Waals surface area contributed by atoms with Crippen molar-refractivity contribution < 1.29 is 9.53 Å². The summed E-state index contributed by atoms with van der Waals surface area (Å²) in [6.07, 6.45) is 0.969. The average Bonchev–Trinajstić information content (AvgIpc) is 2.37. The van der Waals surface area contributed by atoms with Gasteiger partial charge in [-0.1, -0.05) is 37.3 Å². The average molecular weight is 249 g/mol. The van der Waals surface area contributed by atoms with Gasteiger partial charge in [-0.3, -0.25) is 4.79 Å². The summed E-state index contributed by atoms with van der Waals surface area (Å²) < 4.78 is 4.98. The second-order valence-electron chi connectivity index (χ2n) is 4.65. The molecule has 0 aliphatic carbocycles. The molecular formula is C15H23NO2. The molecule has 1 aromatic carbocycles. The molecule has 3 heteroatoms. The zero-order valence-electron chi connectivity index (χ0n) is 11.5. The number of carbonyl (C=O) groups is 1. The molecule has 1 rings (SSSR count). The third kappa shape index (κ3) is 5.32. The van der Waals surface area contributed by atoms with Crippen LogP contribution in [-0.4, -0.2) is 25.2 Å². The SMILES string of the molecule is CCOC(=O)C(C)CNC(C)Cc1ccccc1. The number of hydrogen-bond acceptors (Lipinski definition) is 3. The molecule has 18 heavy (non-hydrogen) atoms. The van der Waals surface area contributed by atoms with Crippen molar-refractivity contribution in [1.29, 1.82) is 0 Å². The van der Waals surface area contributed by atoms with E-state index in [1.807, 2.05) is 32.0 Å². The Hall–Kier alpha value is -1.35. The Kier molecular flexibility index (Phi) is 6.44. The van der Waals surface area contributed by atoms with Crippen LogP contribution in [0.15, 0.2) is 30.3 Å². The minimum atomic E-state index is -0.128. The predicted molar refractivity (Wildman–Crippen MR) is 73.4 cm³/mol. The summed E-state index contributed by atoms with van der Waals surface area (Å²) >= 11 is 0. The van der Waals surface area contributed by atoms with Crippen LogP contribution in [0.2, 0.25) is 0 Å². The maximum Gasteiger partial charge on any atom is 0.309 e. The molecule has 0 amide bonds. The Balaban J connectivity index is 2.29. The first-order chi connectivity index (χ1) is 8.63. The first kappa shape index (κ1) is 14.7. The van der Waals surface area contributed by atoms with Gasteiger partial charge in [-0.15, -0.1) is 0 Å². The highest BCUT2D eigenvalue weighted by Gasteiger charge is 2.14. The van der Waals surface area contributed by atoms with E-state index < -0.39 is 0 Å². The van der Waals surface area contributed by atoms with Gasteiger partial charge in [0.15, 0.2) is 0 Å². The van der Waals surface area contributed by atoms with E-state index in [1.165, 1.54) is 5.56 Å². The van der Waals surface area contributed by atoms with Gasteiger partial charge in [0.25, 0.3) is 0 Å². The number of hydrogen-bond donors (Lipinski definition) is 1. The maximum absolute atomic E-state index is 11.5. The molecule has 0 fully saturated rings. The Morgan fingerprint density at radius 1 is 1.28 bits per heavy atom. The van der Waals surface area contributed by atoms with Crippen molar-refractivity contribution in [1.82, 2.24) is 5.32 Å². The summed E-state index contributed by atoms with van der Waals surface area (Å²) in [6, 6.07) is 10.7. The van der Waals surface area contributed by atoms with Gasteiger partial charge in [0, 0.05) is 12.6 Å². The second kappa shape index (κ2) is 7.88. The Labute approximate surface area is 110 Å². The molecule has 0 aliphatic heterocycles. The molecule has 0 bridgehead atoms. The number of carbonyl (C=O) groups excluding carboxylic acids is 1. The molecule has 3 nitrogen and oxygen atoms in total. The minimum absolute atomic E-state index is 0.0943. The van der Waals surface area contributed by atoms with Crippen LogP contribution < -0.4 is 5.32 Å². The van der Waals surface area contributed by atoms with Crippen LogP contribution in [0, 0.1) is 5.92 Å². The maximum atomic E-state index is 11.5. The summed E-state index contributed by atoms with van der Waals surface area (Å²) in [7, 11) is 0. The Morgan fingerprint density at radius 3 is 2.56 bits per heavy atom. The van der Waals surface area contributed by atoms with Crippen molar-refractivity contribution >= 4 is 5.97 Å². The number of esters is 1. The van der Waals surface area contributed by atoms with E-state index in [-0.39, 0.29) is 11.9 Å².